The van der Waals surface area contributed by atoms with Crippen LogP contribution in [0.15, 0.2) is 42.5 Å². The van der Waals surface area contributed by atoms with Crippen molar-refractivity contribution in [2.45, 2.75) is 33.4 Å². The van der Waals surface area contributed by atoms with Crippen LogP contribution < -0.4 is 15.4 Å². The highest BCUT2D eigenvalue weighted by Crippen LogP contribution is 2.39. The number of fused-ring (bicyclic) bond motifs is 1. The van der Waals surface area contributed by atoms with Crippen molar-refractivity contribution in [2.75, 3.05) is 17.2 Å². The van der Waals surface area contributed by atoms with Crippen molar-refractivity contribution < 1.29 is 4.74 Å². The molecule has 1 aliphatic heterocycles. The Morgan fingerprint density at radius 2 is 2.00 bits per heavy atom. The summed E-state index contributed by atoms with van der Waals surface area (Å²) >= 11 is 0. The van der Waals surface area contributed by atoms with Gasteiger partial charge in [-0.25, -0.2) is 0 Å². The van der Waals surface area contributed by atoms with Crippen LogP contribution in [0, 0.1) is 11.5 Å². The molecule has 0 bridgehead atoms. The van der Waals surface area contributed by atoms with Crippen molar-refractivity contribution in [2.24, 2.45) is 5.41 Å². The molecule has 0 amide bonds. The molecule has 0 aliphatic carbocycles. The number of nitrogens with one attached hydrogen (secondary N) is 2. The fourth-order valence-electron chi connectivity index (χ4n) is 2.52. The van der Waals surface area contributed by atoms with Crippen LogP contribution in [0.4, 0.5) is 11.4 Å². The molecule has 2 N–H and O–H groups in total. The van der Waals surface area contributed by atoms with Gasteiger partial charge in [-0.15, -0.1) is 0 Å². The number of hydrogen-bond donors (Lipinski definition) is 2. The number of benzene rings is 2. The van der Waals surface area contributed by atoms with Gasteiger partial charge in [0.05, 0.1) is 17.4 Å². The van der Waals surface area contributed by atoms with Gasteiger partial charge in [-0.2, -0.15) is 0 Å². The van der Waals surface area contributed by atoms with Crippen LogP contribution in [0.5, 0.6) is 5.75 Å². The maximum absolute atomic E-state index is 6.03. The molecule has 1 heterocycles. The maximum Gasteiger partial charge on any atom is 0.166 e. The van der Waals surface area contributed by atoms with Crippen LogP contribution in [0.1, 0.15) is 26.3 Å². The highest BCUT2D eigenvalue weighted by Gasteiger charge is 2.30. The summed E-state index contributed by atoms with van der Waals surface area (Å²) in [7, 11) is 0. The van der Waals surface area contributed by atoms with E-state index in [-0.39, 0.29) is 5.41 Å². The highest BCUT2D eigenvalue weighted by atomic mass is 16.5. The van der Waals surface area contributed by atoms with Crippen molar-refractivity contribution >= 4 is 11.4 Å². The van der Waals surface area contributed by atoms with Crippen LogP contribution >= 0.6 is 0 Å². The van der Waals surface area contributed by atoms with Gasteiger partial charge >= 0.3 is 0 Å². The van der Waals surface area contributed by atoms with Gasteiger partial charge in [0.25, 0.3) is 0 Å². The lowest BCUT2D eigenvalue weighted by atomic mass is 9.86. The molecule has 0 fully saturated rings. The Bertz CT molecular complexity index is 632. The molecule has 22 heavy (non-hydrogen) atoms. The van der Waals surface area contributed by atoms with Crippen molar-refractivity contribution in [1.29, 1.82) is 0 Å². The average molecular weight is 295 g/mol. The van der Waals surface area contributed by atoms with E-state index < -0.39 is 0 Å². The first-order chi connectivity index (χ1) is 10.5. The van der Waals surface area contributed by atoms with Gasteiger partial charge in [0, 0.05) is 12.6 Å². The van der Waals surface area contributed by atoms with Crippen LogP contribution in [0.3, 0.4) is 0 Å². The van der Waals surface area contributed by atoms with Gasteiger partial charge in [0.1, 0.15) is 6.61 Å². The summed E-state index contributed by atoms with van der Waals surface area (Å²) in [5.41, 5.74) is 3.36. The molecule has 0 saturated heterocycles. The lowest BCUT2D eigenvalue weighted by molar-refractivity contribution is 0.207. The number of rotatable bonds is 3. The maximum atomic E-state index is 6.03. The zero-order chi connectivity index (χ0) is 15.6. The van der Waals surface area contributed by atoms with E-state index in [2.05, 4.69) is 61.7 Å². The highest BCUT2D eigenvalue weighted by molar-refractivity contribution is 5.72. The Hall–Kier alpha value is -2.16. The molecule has 0 spiro atoms. The molecule has 3 heteroatoms. The summed E-state index contributed by atoms with van der Waals surface area (Å²) in [5, 5.41) is 7.01. The fourth-order valence-corrected chi connectivity index (χ4v) is 2.52. The molecule has 1 unspecified atom stereocenters. The second-order valence-corrected chi connectivity index (χ2v) is 6.81. The monoisotopic (exact) mass is 295 g/mol. The fraction of sp³-hybridized carbons (Fsp3) is 0.368. The number of ether oxygens (including phenoxy) is 1. The molecule has 0 aromatic heterocycles. The van der Waals surface area contributed by atoms with Crippen LogP contribution in [-0.4, -0.2) is 12.6 Å². The molecular formula is C19H23N2O. The number of anilines is 2. The normalized spacial score (nSPS) is 17.1. The van der Waals surface area contributed by atoms with Crippen LogP contribution in [0.25, 0.3) is 0 Å². The topological polar surface area (TPSA) is 33.3 Å². The molecule has 1 radical (unpaired) electrons. The van der Waals surface area contributed by atoms with E-state index in [0.717, 1.165) is 23.7 Å². The molecular weight excluding hydrogens is 272 g/mol. The van der Waals surface area contributed by atoms with Crippen LogP contribution in [0.2, 0.25) is 0 Å². The molecule has 3 rings (SSSR count). The third-order valence-corrected chi connectivity index (χ3v) is 4.03. The predicted octanol–water partition coefficient (Wildman–Crippen LogP) is 4.32. The van der Waals surface area contributed by atoms with E-state index in [4.69, 9.17) is 4.74 Å². The van der Waals surface area contributed by atoms with E-state index in [1.165, 1.54) is 5.56 Å². The van der Waals surface area contributed by atoms with E-state index in [0.29, 0.717) is 12.6 Å². The Balaban J connectivity index is 1.75. The SMILES string of the molecule is CC(C)(C)C1COc2c([c]ccc2NCc2ccccc2)N1. The van der Waals surface area contributed by atoms with E-state index in [1.807, 2.05) is 18.2 Å². The Labute approximate surface area is 132 Å². The molecule has 1 aliphatic rings. The van der Waals surface area contributed by atoms with Gasteiger partial charge in [0.2, 0.25) is 0 Å². The van der Waals surface area contributed by atoms with Gasteiger partial charge in [-0.3, -0.25) is 0 Å². The first kappa shape index (κ1) is 14.8. The zero-order valence-electron chi connectivity index (χ0n) is 13.4. The molecule has 2 aromatic rings. The van der Waals surface area contributed by atoms with E-state index >= 15 is 0 Å². The lowest BCUT2D eigenvalue weighted by Gasteiger charge is -2.36. The molecule has 115 valence electrons. The zero-order valence-corrected chi connectivity index (χ0v) is 13.4. The Morgan fingerprint density at radius 3 is 2.73 bits per heavy atom. The van der Waals surface area contributed by atoms with Crippen molar-refractivity contribution in [1.82, 2.24) is 0 Å². The van der Waals surface area contributed by atoms with Gasteiger partial charge in [0.15, 0.2) is 5.75 Å². The van der Waals surface area contributed by atoms with Crippen molar-refractivity contribution in [3.63, 3.8) is 0 Å². The second kappa shape index (κ2) is 5.91. The van der Waals surface area contributed by atoms with Gasteiger partial charge in [-0.1, -0.05) is 51.1 Å². The summed E-state index contributed by atoms with van der Waals surface area (Å²) in [6.45, 7) is 8.11. The average Bonchev–Trinajstić information content (AvgIpc) is 2.52. The van der Waals surface area contributed by atoms with Crippen molar-refractivity contribution in [3.05, 3.63) is 54.1 Å². The molecule has 0 saturated carbocycles. The first-order valence-electron chi connectivity index (χ1n) is 7.76. The smallest absolute Gasteiger partial charge is 0.166 e. The van der Waals surface area contributed by atoms with Gasteiger partial charge < -0.3 is 15.4 Å². The minimum absolute atomic E-state index is 0.152. The van der Waals surface area contributed by atoms with E-state index in [9.17, 15) is 0 Å². The quantitative estimate of drug-likeness (QED) is 0.885. The van der Waals surface area contributed by atoms with Crippen molar-refractivity contribution in [3.8, 4) is 5.75 Å². The standard InChI is InChI=1S/C19H23N2O/c1-19(2,3)17-13-22-18-15(10-7-11-16(18)21-17)20-12-14-8-5-4-6-9-14/h4-10,17,20-21H,12-13H2,1-3H3. The Morgan fingerprint density at radius 1 is 1.23 bits per heavy atom. The van der Waals surface area contributed by atoms with E-state index in [1.54, 1.807) is 0 Å². The number of hydrogen-bond acceptors (Lipinski definition) is 3. The summed E-state index contributed by atoms with van der Waals surface area (Å²) in [6.07, 6.45) is 0. The lowest BCUT2D eigenvalue weighted by Crippen LogP contribution is -2.41. The van der Waals surface area contributed by atoms with Crippen LogP contribution in [-0.2, 0) is 6.54 Å². The van der Waals surface area contributed by atoms with Gasteiger partial charge in [-0.05, 0) is 23.1 Å². The summed E-state index contributed by atoms with van der Waals surface area (Å²) in [6, 6.07) is 17.9. The second-order valence-electron chi connectivity index (χ2n) is 6.81. The largest absolute Gasteiger partial charge is 0.487 e. The molecule has 3 nitrogen and oxygen atoms in total. The minimum Gasteiger partial charge on any atom is -0.487 e. The summed E-state index contributed by atoms with van der Waals surface area (Å²) < 4.78 is 6.03. The molecule has 2 aromatic carbocycles. The third kappa shape index (κ3) is 3.19. The Kier molecular flexibility index (Phi) is 3.97. The summed E-state index contributed by atoms with van der Waals surface area (Å²) in [5.74, 6) is 0.874. The molecule has 1 atom stereocenters. The predicted molar refractivity (Wildman–Crippen MR) is 91.4 cm³/mol. The minimum atomic E-state index is 0.152. The summed E-state index contributed by atoms with van der Waals surface area (Å²) in [4.78, 5) is 0. The third-order valence-electron chi connectivity index (χ3n) is 4.03. The first-order valence-corrected chi connectivity index (χ1v) is 7.76.